The second-order valence-electron chi connectivity index (χ2n) is 4.52. The summed E-state index contributed by atoms with van der Waals surface area (Å²) in [5, 5.41) is 10.8. The van der Waals surface area contributed by atoms with Crippen molar-refractivity contribution in [2.75, 3.05) is 13.6 Å². The molecular weight excluding hydrogens is 287 g/mol. The number of likely N-dealkylation sites (N-methyl/N-ethyl adjacent to an activating group) is 1. The van der Waals surface area contributed by atoms with Crippen LogP contribution >= 0.6 is 0 Å². The predicted molar refractivity (Wildman–Crippen MR) is 72.4 cm³/mol. The fourth-order valence-electron chi connectivity index (χ4n) is 1.62. The van der Waals surface area contributed by atoms with E-state index in [2.05, 4.69) is 6.58 Å². The number of nitro benzene ring substituents is 1. The number of sulfonamides is 1. The summed E-state index contributed by atoms with van der Waals surface area (Å²) >= 11 is 0. The summed E-state index contributed by atoms with van der Waals surface area (Å²) in [5.41, 5.74) is -0.165. The highest BCUT2D eigenvalue weighted by molar-refractivity contribution is 7.89. The summed E-state index contributed by atoms with van der Waals surface area (Å²) in [6.45, 7) is 6.51. The van der Waals surface area contributed by atoms with Crippen LogP contribution in [0.1, 0.15) is 12.5 Å². The summed E-state index contributed by atoms with van der Waals surface area (Å²) in [4.78, 5) is 9.56. The molecule has 0 radical (unpaired) electrons. The van der Waals surface area contributed by atoms with E-state index in [0.717, 1.165) is 16.4 Å². The summed E-state index contributed by atoms with van der Waals surface area (Å²) in [6.07, 6.45) is 0. The number of rotatable bonds is 5. The molecule has 1 aromatic carbocycles. The normalized spacial score (nSPS) is 11.7. The molecule has 0 heterocycles. The summed E-state index contributed by atoms with van der Waals surface area (Å²) < 4.78 is 39.0. The molecule has 0 atom stereocenters. The summed E-state index contributed by atoms with van der Waals surface area (Å²) in [5.74, 6) is -0.929. The number of halogens is 1. The first kappa shape index (κ1) is 16.3. The van der Waals surface area contributed by atoms with Gasteiger partial charge in [0.25, 0.3) is 5.69 Å². The minimum absolute atomic E-state index is 0.0472. The summed E-state index contributed by atoms with van der Waals surface area (Å²) in [6, 6.07) is 1.65. The number of nitrogens with zero attached hydrogens (tertiary/aromatic N) is 2. The molecule has 0 fully saturated rings. The Morgan fingerprint density at radius 3 is 2.50 bits per heavy atom. The molecule has 0 aliphatic carbocycles. The standard InChI is InChI=1S/C12H15FN2O4S/c1-8(2)7-14(4)20(18,19)10-5-11(13)9(3)12(6-10)15(16)17/h5-6H,1,7H2,2-4H3. The van der Waals surface area contributed by atoms with Crippen LogP contribution in [0.5, 0.6) is 0 Å². The van der Waals surface area contributed by atoms with Gasteiger partial charge in [0.15, 0.2) is 0 Å². The number of nitro groups is 1. The highest BCUT2D eigenvalue weighted by Crippen LogP contribution is 2.26. The van der Waals surface area contributed by atoms with Gasteiger partial charge in [0.05, 0.1) is 15.4 Å². The van der Waals surface area contributed by atoms with E-state index in [9.17, 15) is 22.9 Å². The molecule has 0 unspecified atom stereocenters. The van der Waals surface area contributed by atoms with E-state index in [1.54, 1.807) is 6.92 Å². The Balaban J connectivity index is 3.40. The van der Waals surface area contributed by atoms with Crippen LogP contribution < -0.4 is 0 Å². The molecule has 0 saturated heterocycles. The number of hydrogen-bond donors (Lipinski definition) is 0. The Morgan fingerprint density at radius 2 is 2.05 bits per heavy atom. The molecule has 0 aliphatic rings. The molecule has 20 heavy (non-hydrogen) atoms. The van der Waals surface area contributed by atoms with Crippen molar-refractivity contribution < 1.29 is 17.7 Å². The van der Waals surface area contributed by atoms with E-state index in [1.165, 1.54) is 14.0 Å². The van der Waals surface area contributed by atoms with Crippen molar-refractivity contribution in [3.63, 3.8) is 0 Å². The molecule has 0 aromatic heterocycles. The SMILES string of the molecule is C=C(C)CN(C)S(=O)(=O)c1cc(F)c(C)c([N+](=O)[O-])c1. The zero-order valence-electron chi connectivity index (χ0n) is 11.4. The van der Waals surface area contributed by atoms with E-state index in [0.29, 0.717) is 5.57 Å². The van der Waals surface area contributed by atoms with Crippen LogP contribution in [0.3, 0.4) is 0 Å². The maximum atomic E-state index is 13.7. The minimum Gasteiger partial charge on any atom is -0.258 e. The van der Waals surface area contributed by atoms with E-state index in [4.69, 9.17) is 0 Å². The maximum Gasteiger partial charge on any atom is 0.276 e. The third-order valence-electron chi connectivity index (χ3n) is 2.69. The van der Waals surface area contributed by atoms with Crippen molar-refractivity contribution >= 4 is 15.7 Å². The van der Waals surface area contributed by atoms with Crippen LogP contribution in [0.4, 0.5) is 10.1 Å². The molecule has 0 N–H and O–H groups in total. The Hall–Kier alpha value is -1.80. The Kier molecular flexibility index (Phi) is 4.61. The molecule has 0 saturated carbocycles. The van der Waals surface area contributed by atoms with Crippen molar-refractivity contribution in [2.24, 2.45) is 0 Å². The molecule has 8 heteroatoms. The maximum absolute atomic E-state index is 13.7. The van der Waals surface area contributed by atoms with Gasteiger partial charge in [-0.3, -0.25) is 10.1 Å². The van der Waals surface area contributed by atoms with Crippen LogP contribution in [0.2, 0.25) is 0 Å². The molecular formula is C12H15FN2O4S. The lowest BCUT2D eigenvalue weighted by Gasteiger charge is -2.17. The smallest absolute Gasteiger partial charge is 0.258 e. The largest absolute Gasteiger partial charge is 0.276 e. The first-order valence-corrected chi connectivity index (χ1v) is 7.06. The molecule has 1 aromatic rings. The van der Waals surface area contributed by atoms with Crippen molar-refractivity contribution in [1.82, 2.24) is 4.31 Å². The van der Waals surface area contributed by atoms with Gasteiger partial charge >= 0.3 is 0 Å². The number of hydrogen-bond acceptors (Lipinski definition) is 4. The van der Waals surface area contributed by atoms with Gasteiger partial charge in [0.1, 0.15) is 5.82 Å². The second kappa shape index (κ2) is 5.68. The van der Waals surface area contributed by atoms with Crippen molar-refractivity contribution in [1.29, 1.82) is 0 Å². The topological polar surface area (TPSA) is 80.5 Å². The van der Waals surface area contributed by atoms with Gasteiger partial charge in [-0.15, -0.1) is 0 Å². The monoisotopic (exact) mass is 302 g/mol. The fraction of sp³-hybridized carbons (Fsp3) is 0.333. The van der Waals surface area contributed by atoms with Gasteiger partial charge in [0, 0.05) is 19.7 Å². The van der Waals surface area contributed by atoms with Crippen LogP contribution in [-0.2, 0) is 10.0 Å². The molecule has 0 aliphatic heterocycles. The van der Waals surface area contributed by atoms with Gasteiger partial charge in [-0.05, 0) is 19.9 Å². The molecule has 110 valence electrons. The highest BCUT2D eigenvalue weighted by atomic mass is 32.2. The van der Waals surface area contributed by atoms with Gasteiger partial charge in [-0.25, -0.2) is 12.8 Å². The third kappa shape index (κ3) is 3.20. The van der Waals surface area contributed by atoms with Crippen LogP contribution in [-0.4, -0.2) is 31.2 Å². The summed E-state index contributed by atoms with van der Waals surface area (Å²) in [7, 11) is -2.70. The lowest BCUT2D eigenvalue weighted by atomic mass is 10.2. The van der Waals surface area contributed by atoms with Crippen molar-refractivity contribution in [2.45, 2.75) is 18.7 Å². The van der Waals surface area contributed by atoms with Gasteiger partial charge in [0.2, 0.25) is 10.0 Å². The first-order valence-electron chi connectivity index (χ1n) is 5.62. The lowest BCUT2D eigenvalue weighted by Crippen LogP contribution is -2.28. The van der Waals surface area contributed by atoms with Gasteiger partial charge in [-0.2, -0.15) is 4.31 Å². The Morgan fingerprint density at radius 1 is 1.50 bits per heavy atom. The molecule has 0 amide bonds. The van der Waals surface area contributed by atoms with Crippen molar-refractivity contribution in [3.8, 4) is 0 Å². The molecule has 0 bridgehead atoms. The quantitative estimate of drug-likeness (QED) is 0.474. The third-order valence-corrected chi connectivity index (χ3v) is 4.47. The molecule has 6 nitrogen and oxygen atoms in total. The lowest BCUT2D eigenvalue weighted by molar-refractivity contribution is -0.385. The average molecular weight is 302 g/mol. The first-order chi connectivity index (χ1) is 9.07. The second-order valence-corrected chi connectivity index (χ2v) is 6.57. The van der Waals surface area contributed by atoms with Crippen molar-refractivity contribution in [3.05, 3.63) is 45.8 Å². The Bertz CT molecular complexity index is 670. The fourth-order valence-corrected chi connectivity index (χ4v) is 2.89. The van der Waals surface area contributed by atoms with Gasteiger partial charge < -0.3 is 0 Å². The molecule has 1 rings (SSSR count). The van der Waals surface area contributed by atoms with Crippen LogP contribution in [0, 0.1) is 22.9 Å². The minimum atomic E-state index is -4.00. The molecule has 0 spiro atoms. The predicted octanol–water partition coefficient (Wildman–Crippen LogP) is 2.24. The average Bonchev–Trinajstić information content (AvgIpc) is 2.30. The van der Waals surface area contributed by atoms with E-state index in [-0.39, 0.29) is 12.1 Å². The highest BCUT2D eigenvalue weighted by Gasteiger charge is 2.26. The number of benzene rings is 1. The zero-order valence-corrected chi connectivity index (χ0v) is 12.2. The van der Waals surface area contributed by atoms with E-state index in [1.807, 2.05) is 0 Å². The van der Waals surface area contributed by atoms with Crippen LogP contribution in [0.15, 0.2) is 29.2 Å². The van der Waals surface area contributed by atoms with Crippen LogP contribution in [0.25, 0.3) is 0 Å². The zero-order chi connectivity index (χ0) is 15.7. The Labute approximate surface area is 116 Å². The van der Waals surface area contributed by atoms with E-state index >= 15 is 0 Å². The van der Waals surface area contributed by atoms with E-state index < -0.39 is 31.3 Å². The van der Waals surface area contributed by atoms with Gasteiger partial charge in [-0.1, -0.05) is 12.2 Å².